The minimum Gasteiger partial charge on any atom is -0.383 e. The van der Waals surface area contributed by atoms with E-state index in [2.05, 4.69) is 53.5 Å². The lowest BCUT2D eigenvalue weighted by molar-refractivity contribution is -0.106. The van der Waals surface area contributed by atoms with E-state index in [1.165, 1.54) is 12.5 Å². The Labute approximate surface area is 193 Å². The predicted molar refractivity (Wildman–Crippen MR) is 131 cm³/mol. The van der Waals surface area contributed by atoms with Gasteiger partial charge in [-0.1, -0.05) is 29.8 Å². The van der Waals surface area contributed by atoms with Crippen LogP contribution in [0.1, 0.15) is 45.1 Å². The second kappa shape index (κ2) is 10.5. The number of amides is 1. The number of rotatable bonds is 5. The quantitative estimate of drug-likeness (QED) is 0.452. The number of nitrogens with zero attached hydrogens (tertiary/aromatic N) is 3. The molecule has 0 aliphatic rings. The lowest BCUT2D eigenvalue weighted by Crippen LogP contribution is -2.23. The fourth-order valence-electron chi connectivity index (χ4n) is 3.72. The summed E-state index contributed by atoms with van der Waals surface area (Å²) in [7, 11) is 0. The minimum atomic E-state index is -0.140. The number of benzene rings is 2. The number of carbonyl (C=O) groups is 2. The molecule has 2 aromatic carbocycles. The molecule has 4 rings (SSSR count). The van der Waals surface area contributed by atoms with Crippen LogP contribution >= 0.6 is 0 Å². The molecule has 33 heavy (non-hydrogen) atoms. The van der Waals surface area contributed by atoms with E-state index in [1.807, 2.05) is 19.1 Å². The summed E-state index contributed by atoms with van der Waals surface area (Å²) in [4.78, 5) is 25.6. The van der Waals surface area contributed by atoms with Crippen LogP contribution in [0.4, 0.5) is 5.82 Å². The van der Waals surface area contributed by atoms with Crippen molar-refractivity contribution in [3.63, 3.8) is 0 Å². The monoisotopic (exact) mass is 443 g/mol. The van der Waals surface area contributed by atoms with Crippen molar-refractivity contribution in [3.8, 4) is 0 Å². The van der Waals surface area contributed by atoms with Gasteiger partial charge < -0.3 is 15.8 Å². The van der Waals surface area contributed by atoms with Crippen LogP contribution in [-0.4, -0.2) is 27.0 Å². The summed E-state index contributed by atoms with van der Waals surface area (Å²) in [5.74, 6) is 0.383. The molecule has 3 N–H and O–H groups in total. The van der Waals surface area contributed by atoms with E-state index in [0.717, 1.165) is 39.3 Å². The van der Waals surface area contributed by atoms with E-state index in [4.69, 9.17) is 10.5 Å². The maximum absolute atomic E-state index is 12.7. The standard InChI is InChI=1S/C24H25N5O.C2H4O/c1-15-4-6-18(7-5-15)13-29-14-19(11-28-29)24(30)27-12-22-16(2)10-21-20(17(22)3)8-9-26-23(21)25;1-2-3/h4-11,14H,12-13H2,1-3H3,(H2,25,26)(H,27,30);2H,1H3. The average Bonchev–Trinajstić information content (AvgIpc) is 3.25. The van der Waals surface area contributed by atoms with Gasteiger partial charge in [-0.2, -0.15) is 5.10 Å². The summed E-state index contributed by atoms with van der Waals surface area (Å²) >= 11 is 0. The molecule has 2 aromatic heterocycles. The first kappa shape index (κ1) is 23.7. The number of nitrogen functional groups attached to an aromatic ring is 1. The fraction of sp³-hybridized carbons (Fsp3) is 0.231. The zero-order valence-electron chi connectivity index (χ0n) is 19.4. The molecule has 0 fully saturated rings. The number of pyridine rings is 1. The number of hydrogen-bond acceptors (Lipinski definition) is 5. The SMILES string of the molecule is CC=O.Cc1ccc(Cn2cc(C(=O)NCc3c(C)cc4c(N)nccc4c3C)cn2)cc1. The van der Waals surface area contributed by atoms with Crippen LogP contribution in [-0.2, 0) is 17.9 Å². The summed E-state index contributed by atoms with van der Waals surface area (Å²) in [6.45, 7) is 8.66. The highest BCUT2D eigenvalue weighted by Crippen LogP contribution is 2.27. The molecule has 0 saturated carbocycles. The van der Waals surface area contributed by atoms with Crippen molar-refractivity contribution >= 4 is 28.8 Å². The van der Waals surface area contributed by atoms with Crippen LogP contribution in [0, 0.1) is 20.8 Å². The topological polar surface area (TPSA) is 103 Å². The van der Waals surface area contributed by atoms with Crippen molar-refractivity contribution in [2.75, 3.05) is 5.73 Å². The fourth-order valence-corrected chi connectivity index (χ4v) is 3.72. The number of fused-ring (bicyclic) bond motifs is 1. The first-order chi connectivity index (χ1) is 15.8. The van der Waals surface area contributed by atoms with Gasteiger partial charge >= 0.3 is 0 Å². The highest BCUT2D eigenvalue weighted by Gasteiger charge is 2.13. The molecule has 7 heteroatoms. The third kappa shape index (κ3) is 5.63. The number of nitrogens with two attached hydrogens (primary N) is 1. The molecule has 0 spiro atoms. The largest absolute Gasteiger partial charge is 0.383 e. The molecule has 4 aromatic rings. The predicted octanol–water partition coefficient (Wildman–Crippen LogP) is 4.12. The number of nitrogens with one attached hydrogen (secondary N) is 1. The molecule has 0 saturated heterocycles. The summed E-state index contributed by atoms with van der Waals surface area (Å²) in [5.41, 5.74) is 12.2. The second-order valence-corrected chi connectivity index (χ2v) is 7.92. The third-order valence-electron chi connectivity index (χ3n) is 5.50. The van der Waals surface area contributed by atoms with Crippen molar-refractivity contribution in [2.24, 2.45) is 0 Å². The maximum Gasteiger partial charge on any atom is 0.254 e. The molecule has 7 nitrogen and oxygen atoms in total. The Hall–Kier alpha value is -4.00. The van der Waals surface area contributed by atoms with E-state index < -0.39 is 0 Å². The number of aromatic nitrogens is 3. The van der Waals surface area contributed by atoms with E-state index in [-0.39, 0.29) is 5.91 Å². The van der Waals surface area contributed by atoms with Crippen molar-refractivity contribution in [3.05, 3.63) is 88.4 Å². The van der Waals surface area contributed by atoms with Gasteiger partial charge in [0, 0.05) is 24.3 Å². The molecule has 0 unspecified atom stereocenters. The Morgan fingerprint density at radius 3 is 2.52 bits per heavy atom. The van der Waals surface area contributed by atoms with Gasteiger partial charge in [0.05, 0.1) is 18.3 Å². The normalized spacial score (nSPS) is 10.4. The van der Waals surface area contributed by atoms with E-state index in [1.54, 1.807) is 23.3 Å². The summed E-state index contributed by atoms with van der Waals surface area (Å²) in [6, 6.07) is 12.3. The molecular formula is C26H29N5O2. The molecule has 170 valence electrons. The highest BCUT2D eigenvalue weighted by atomic mass is 16.1. The van der Waals surface area contributed by atoms with Crippen molar-refractivity contribution in [2.45, 2.75) is 40.8 Å². The van der Waals surface area contributed by atoms with Crippen LogP contribution in [0.5, 0.6) is 0 Å². The van der Waals surface area contributed by atoms with Gasteiger partial charge in [-0.25, -0.2) is 4.98 Å². The molecule has 0 aliphatic heterocycles. The van der Waals surface area contributed by atoms with E-state index in [0.29, 0.717) is 24.5 Å². The smallest absolute Gasteiger partial charge is 0.254 e. The molecule has 0 bridgehead atoms. The Balaban J connectivity index is 0.000000968. The maximum atomic E-state index is 12.7. The van der Waals surface area contributed by atoms with Crippen molar-refractivity contribution < 1.29 is 9.59 Å². The van der Waals surface area contributed by atoms with Crippen LogP contribution in [0.25, 0.3) is 10.8 Å². The molecule has 1 amide bonds. The van der Waals surface area contributed by atoms with Crippen molar-refractivity contribution in [1.29, 1.82) is 0 Å². The first-order valence-corrected chi connectivity index (χ1v) is 10.7. The Kier molecular flexibility index (Phi) is 7.56. The molecule has 0 radical (unpaired) electrons. The summed E-state index contributed by atoms with van der Waals surface area (Å²) in [5, 5.41) is 9.36. The Morgan fingerprint density at radius 2 is 1.82 bits per heavy atom. The Morgan fingerprint density at radius 1 is 1.12 bits per heavy atom. The number of aryl methyl sites for hydroxylation is 3. The van der Waals surface area contributed by atoms with Gasteiger partial charge in [-0.15, -0.1) is 0 Å². The van der Waals surface area contributed by atoms with Gasteiger partial charge in [0.15, 0.2) is 0 Å². The number of anilines is 1. The number of hydrogen-bond donors (Lipinski definition) is 2. The lowest BCUT2D eigenvalue weighted by atomic mass is 9.96. The van der Waals surface area contributed by atoms with Crippen molar-refractivity contribution in [1.82, 2.24) is 20.1 Å². The lowest BCUT2D eigenvalue weighted by Gasteiger charge is -2.14. The van der Waals surface area contributed by atoms with Gasteiger partial charge in [-0.3, -0.25) is 9.48 Å². The summed E-state index contributed by atoms with van der Waals surface area (Å²) < 4.78 is 1.78. The van der Waals surface area contributed by atoms with E-state index >= 15 is 0 Å². The van der Waals surface area contributed by atoms with Gasteiger partial charge in [0.25, 0.3) is 5.91 Å². The van der Waals surface area contributed by atoms with Gasteiger partial charge in [0.2, 0.25) is 0 Å². The molecule has 0 atom stereocenters. The van der Waals surface area contributed by atoms with Crippen LogP contribution in [0.3, 0.4) is 0 Å². The molecule has 2 heterocycles. The van der Waals surface area contributed by atoms with E-state index in [9.17, 15) is 4.79 Å². The number of aldehydes is 1. The van der Waals surface area contributed by atoms with Crippen LogP contribution in [0.15, 0.2) is 55.0 Å². The second-order valence-electron chi connectivity index (χ2n) is 7.92. The molecular weight excluding hydrogens is 414 g/mol. The Bertz CT molecular complexity index is 1280. The van der Waals surface area contributed by atoms with Crippen LogP contribution < -0.4 is 11.1 Å². The first-order valence-electron chi connectivity index (χ1n) is 10.7. The van der Waals surface area contributed by atoms with Gasteiger partial charge in [-0.05, 0) is 67.5 Å². The molecule has 0 aliphatic carbocycles. The zero-order valence-corrected chi connectivity index (χ0v) is 19.4. The number of carbonyl (C=O) groups excluding carboxylic acids is 2. The highest BCUT2D eigenvalue weighted by molar-refractivity contribution is 5.95. The average molecular weight is 444 g/mol. The minimum absolute atomic E-state index is 0.140. The van der Waals surface area contributed by atoms with Crippen LogP contribution in [0.2, 0.25) is 0 Å². The van der Waals surface area contributed by atoms with Gasteiger partial charge in [0.1, 0.15) is 12.1 Å². The third-order valence-corrected chi connectivity index (χ3v) is 5.50. The zero-order chi connectivity index (χ0) is 24.0. The summed E-state index contributed by atoms with van der Waals surface area (Å²) in [6.07, 6.45) is 5.85.